The Balaban J connectivity index is 1.74. The molecule has 0 aliphatic carbocycles. The van der Waals surface area contributed by atoms with E-state index >= 15 is 0 Å². The Bertz CT molecular complexity index is 1000. The van der Waals surface area contributed by atoms with Crippen LogP contribution in [0.2, 0.25) is 10.0 Å². The van der Waals surface area contributed by atoms with Crippen molar-refractivity contribution in [1.29, 1.82) is 10.5 Å². The van der Waals surface area contributed by atoms with Gasteiger partial charge in [0.25, 0.3) is 11.8 Å². The third kappa shape index (κ3) is 8.28. The molecule has 8 heteroatoms. The van der Waals surface area contributed by atoms with Crippen molar-refractivity contribution in [3.8, 4) is 12.1 Å². The smallest absolute Gasteiger partial charge is 0.261 e. The lowest BCUT2D eigenvalue weighted by Crippen LogP contribution is -2.28. The number of carbonyl (C=O) groups is 2. The molecule has 2 rings (SSSR count). The normalized spacial score (nSPS) is 11.2. The molecule has 32 heavy (non-hydrogen) atoms. The third-order valence-corrected chi connectivity index (χ3v) is 4.77. The van der Waals surface area contributed by atoms with Crippen LogP contribution in [0.3, 0.4) is 0 Å². The first-order chi connectivity index (χ1) is 15.4. The molecule has 0 saturated carbocycles. The maximum absolute atomic E-state index is 12.2. The largest absolute Gasteiger partial charge is 0.351 e. The van der Waals surface area contributed by atoms with E-state index in [0.29, 0.717) is 47.1 Å². The summed E-state index contributed by atoms with van der Waals surface area (Å²) in [6, 6.07) is 17.3. The minimum atomic E-state index is -0.468. The second-order valence-corrected chi connectivity index (χ2v) is 7.53. The lowest BCUT2D eigenvalue weighted by atomic mass is 10.1. The second kappa shape index (κ2) is 13.0. The van der Waals surface area contributed by atoms with Crippen LogP contribution in [0.1, 0.15) is 24.0 Å². The summed E-state index contributed by atoms with van der Waals surface area (Å²) in [5.41, 5.74) is 1.38. The molecule has 2 N–H and O–H groups in total. The Morgan fingerprint density at radius 1 is 0.719 bits per heavy atom. The van der Waals surface area contributed by atoms with E-state index in [4.69, 9.17) is 23.2 Å². The van der Waals surface area contributed by atoms with Crippen LogP contribution >= 0.6 is 23.2 Å². The molecule has 0 atom stereocenters. The van der Waals surface area contributed by atoms with Crippen molar-refractivity contribution in [1.82, 2.24) is 10.6 Å². The molecule has 0 fully saturated rings. The molecule has 0 radical (unpaired) electrons. The lowest BCUT2D eigenvalue weighted by Gasteiger charge is -2.06. The highest BCUT2D eigenvalue weighted by atomic mass is 35.5. The highest BCUT2D eigenvalue weighted by molar-refractivity contribution is 6.30. The first-order valence-corrected chi connectivity index (χ1v) is 10.5. The molecule has 162 valence electrons. The van der Waals surface area contributed by atoms with Crippen LogP contribution < -0.4 is 10.6 Å². The second-order valence-electron chi connectivity index (χ2n) is 6.66. The summed E-state index contributed by atoms with van der Waals surface area (Å²) in [6.45, 7) is 0.695. The van der Waals surface area contributed by atoms with Gasteiger partial charge in [-0.25, -0.2) is 0 Å². The molecule has 0 saturated heterocycles. The quantitative estimate of drug-likeness (QED) is 0.321. The zero-order valence-corrected chi connectivity index (χ0v) is 18.6. The number of hydrogen-bond donors (Lipinski definition) is 2. The first kappa shape index (κ1) is 24.7. The van der Waals surface area contributed by atoms with Crippen LogP contribution in [-0.4, -0.2) is 24.9 Å². The van der Waals surface area contributed by atoms with Crippen molar-refractivity contribution >= 4 is 47.2 Å². The molecule has 0 bridgehead atoms. The van der Waals surface area contributed by atoms with Crippen molar-refractivity contribution < 1.29 is 9.59 Å². The van der Waals surface area contributed by atoms with Gasteiger partial charge in [0.1, 0.15) is 23.3 Å². The molecule has 0 heterocycles. The number of rotatable bonds is 9. The van der Waals surface area contributed by atoms with Gasteiger partial charge in [0.2, 0.25) is 0 Å². The van der Waals surface area contributed by atoms with Crippen LogP contribution in [0, 0.1) is 22.7 Å². The van der Waals surface area contributed by atoms with Gasteiger partial charge >= 0.3 is 0 Å². The van der Waals surface area contributed by atoms with E-state index in [-0.39, 0.29) is 11.1 Å². The lowest BCUT2D eigenvalue weighted by molar-refractivity contribution is -0.118. The van der Waals surface area contributed by atoms with E-state index in [9.17, 15) is 20.1 Å². The number of amides is 2. The molecule has 2 amide bonds. The topological polar surface area (TPSA) is 106 Å². The zero-order chi connectivity index (χ0) is 23.3. The Hall–Kier alpha value is -3.58. The fourth-order valence-corrected chi connectivity index (χ4v) is 2.84. The zero-order valence-electron chi connectivity index (χ0n) is 17.1. The van der Waals surface area contributed by atoms with Crippen LogP contribution in [0.4, 0.5) is 0 Å². The molecule has 0 aliphatic rings. The number of nitrogens with zero attached hydrogens (tertiary/aromatic N) is 2. The molecule has 2 aromatic carbocycles. The fraction of sp³-hybridized carbons (Fsp3) is 0.167. The average molecular weight is 467 g/mol. The van der Waals surface area contributed by atoms with Gasteiger partial charge in [-0.15, -0.1) is 0 Å². The summed E-state index contributed by atoms with van der Waals surface area (Å²) in [5.74, 6) is -0.937. The number of carbonyl (C=O) groups excluding carboxylic acids is 2. The molecule has 0 aromatic heterocycles. The van der Waals surface area contributed by atoms with Crippen LogP contribution in [0.25, 0.3) is 12.2 Å². The van der Waals surface area contributed by atoms with E-state index in [2.05, 4.69) is 10.6 Å². The molecular weight excluding hydrogens is 447 g/mol. The Morgan fingerprint density at radius 2 is 1.06 bits per heavy atom. The molecule has 0 unspecified atom stereocenters. The first-order valence-electron chi connectivity index (χ1n) is 9.74. The van der Waals surface area contributed by atoms with Gasteiger partial charge in [0.05, 0.1) is 0 Å². The summed E-state index contributed by atoms with van der Waals surface area (Å²) in [6.07, 6.45) is 4.16. The van der Waals surface area contributed by atoms with Crippen molar-refractivity contribution in [2.24, 2.45) is 0 Å². The Kier molecular flexibility index (Phi) is 10.0. The standard InChI is InChI=1S/C24H20Cl2N4O2/c25-21-7-3-17(4-8-21)13-19(15-27)23(31)29-11-1-2-12-30-24(32)20(16-28)14-18-5-9-22(26)10-6-18/h3-10,13-14H,1-2,11-12H2,(H,29,31)(H,30,32)/b19-13+,20-14+. The molecular formula is C24H20Cl2N4O2. The van der Waals surface area contributed by atoms with Crippen molar-refractivity contribution in [3.05, 3.63) is 80.8 Å². The van der Waals surface area contributed by atoms with Gasteiger partial charge in [-0.2, -0.15) is 10.5 Å². The summed E-state index contributed by atoms with van der Waals surface area (Å²) < 4.78 is 0. The van der Waals surface area contributed by atoms with E-state index in [1.165, 1.54) is 12.2 Å². The van der Waals surface area contributed by atoms with Gasteiger partial charge in [-0.1, -0.05) is 47.5 Å². The number of halogens is 2. The van der Waals surface area contributed by atoms with E-state index in [0.717, 1.165) is 0 Å². The molecule has 0 aliphatic heterocycles. The minimum absolute atomic E-state index is 0.00776. The summed E-state index contributed by atoms with van der Waals surface area (Å²) in [5, 5.41) is 24.9. The van der Waals surface area contributed by atoms with Crippen molar-refractivity contribution in [3.63, 3.8) is 0 Å². The Morgan fingerprint density at radius 3 is 1.38 bits per heavy atom. The highest BCUT2D eigenvalue weighted by Gasteiger charge is 2.10. The van der Waals surface area contributed by atoms with Gasteiger partial charge in [0, 0.05) is 23.1 Å². The average Bonchev–Trinajstić information content (AvgIpc) is 2.80. The van der Waals surface area contributed by atoms with Crippen LogP contribution in [-0.2, 0) is 9.59 Å². The van der Waals surface area contributed by atoms with E-state index < -0.39 is 11.8 Å². The molecule has 6 nitrogen and oxygen atoms in total. The SMILES string of the molecule is N#C/C(=C\c1ccc(Cl)cc1)C(=O)NCCCCNC(=O)/C(C#N)=C/c1ccc(Cl)cc1. The van der Waals surface area contributed by atoms with Gasteiger partial charge in [-0.05, 0) is 60.4 Å². The highest BCUT2D eigenvalue weighted by Crippen LogP contribution is 2.13. The monoisotopic (exact) mass is 466 g/mol. The predicted molar refractivity (Wildman–Crippen MR) is 125 cm³/mol. The summed E-state index contributed by atoms with van der Waals surface area (Å²) >= 11 is 11.7. The van der Waals surface area contributed by atoms with Gasteiger partial charge < -0.3 is 10.6 Å². The molecule has 2 aromatic rings. The number of nitriles is 2. The summed E-state index contributed by atoms with van der Waals surface area (Å²) in [7, 11) is 0. The minimum Gasteiger partial charge on any atom is -0.351 e. The van der Waals surface area contributed by atoms with Crippen molar-refractivity contribution in [2.45, 2.75) is 12.8 Å². The summed E-state index contributed by atoms with van der Waals surface area (Å²) in [4.78, 5) is 24.3. The fourth-order valence-electron chi connectivity index (χ4n) is 2.59. The van der Waals surface area contributed by atoms with Gasteiger partial charge in [0.15, 0.2) is 0 Å². The van der Waals surface area contributed by atoms with Crippen molar-refractivity contribution in [2.75, 3.05) is 13.1 Å². The van der Waals surface area contributed by atoms with Crippen LogP contribution in [0.5, 0.6) is 0 Å². The maximum atomic E-state index is 12.2. The van der Waals surface area contributed by atoms with E-state index in [1.54, 1.807) is 48.5 Å². The van der Waals surface area contributed by atoms with E-state index in [1.807, 2.05) is 12.1 Å². The number of unbranched alkanes of at least 4 members (excludes halogenated alkanes) is 1. The number of nitrogens with one attached hydrogen (secondary N) is 2. The Labute approximate surface area is 196 Å². The number of hydrogen-bond acceptors (Lipinski definition) is 4. The maximum Gasteiger partial charge on any atom is 0.261 e. The number of benzene rings is 2. The molecule has 0 spiro atoms. The third-order valence-electron chi connectivity index (χ3n) is 4.27. The van der Waals surface area contributed by atoms with Crippen LogP contribution in [0.15, 0.2) is 59.7 Å². The predicted octanol–water partition coefficient (Wildman–Crippen LogP) is 4.52. The van der Waals surface area contributed by atoms with Gasteiger partial charge in [-0.3, -0.25) is 9.59 Å².